The molecule has 0 fully saturated rings. The molecule has 114 valence electrons. The van der Waals surface area contributed by atoms with Gasteiger partial charge in [-0.3, -0.25) is 0 Å². The summed E-state index contributed by atoms with van der Waals surface area (Å²) in [6, 6.07) is 4.24. The minimum Gasteiger partial charge on any atom is -0.336 e. The molecule has 0 aliphatic rings. The standard InChI is InChI=1S/C16H24N4S/c1-4-8-17-10-14-11-18-16(19-13(14)3)20(5-2)12-15-7-6-9-21-15/h6-7,9,11,17H,4-5,8,10,12H2,1-3H3. The molecule has 4 nitrogen and oxygen atoms in total. The van der Waals surface area contributed by atoms with Crippen LogP contribution in [0.15, 0.2) is 23.7 Å². The lowest BCUT2D eigenvalue weighted by atomic mass is 10.2. The summed E-state index contributed by atoms with van der Waals surface area (Å²) in [5.41, 5.74) is 2.24. The molecule has 2 aromatic rings. The number of rotatable bonds is 8. The molecule has 2 heterocycles. The molecular weight excluding hydrogens is 280 g/mol. The van der Waals surface area contributed by atoms with E-state index in [4.69, 9.17) is 0 Å². The van der Waals surface area contributed by atoms with Gasteiger partial charge in [-0.05, 0) is 38.3 Å². The first kappa shape index (κ1) is 15.9. The van der Waals surface area contributed by atoms with Crippen molar-refractivity contribution in [1.82, 2.24) is 15.3 Å². The van der Waals surface area contributed by atoms with E-state index in [0.29, 0.717) is 0 Å². The molecule has 0 aliphatic carbocycles. The van der Waals surface area contributed by atoms with Gasteiger partial charge in [0.25, 0.3) is 0 Å². The lowest BCUT2D eigenvalue weighted by molar-refractivity contribution is 0.667. The number of aromatic nitrogens is 2. The Kier molecular flexibility index (Phi) is 6.14. The van der Waals surface area contributed by atoms with Crippen LogP contribution in [0.2, 0.25) is 0 Å². The Labute approximate surface area is 131 Å². The van der Waals surface area contributed by atoms with Crippen molar-refractivity contribution in [2.75, 3.05) is 18.0 Å². The van der Waals surface area contributed by atoms with E-state index in [-0.39, 0.29) is 0 Å². The maximum absolute atomic E-state index is 4.68. The summed E-state index contributed by atoms with van der Waals surface area (Å²) in [4.78, 5) is 12.8. The first-order chi connectivity index (χ1) is 10.2. The van der Waals surface area contributed by atoms with E-state index in [9.17, 15) is 0 Å². The maximum atomic E-state index is 4.68. The number of hydrogen-bond acceptors (Lipinski definition) is 5. The van der Waals surface area contributed by atoms with Crippen LogP contribution >= 0.6 is 11.3 Å². The predicted octanol–water partition coefficient (Wildman–Crippen LogP) is 3.37. The second kappa shape index (κ2) is 8.10. The van der Waals surface area contributed by atoms with Crippen LogP contribution in [-0.4, -0.2) is 23.1 Å². The molecular formula is C16H24N4S. The van der Waals surface area contributed by atoms with Gasteiger partial charge < -0.3 is 10.2 Å². The molecule has 0 aliphatic heterocycles. The van der Waals surface area contributed by atoms with Crippen molar-refractivity contribution < 1.29 is 0 Å². The molecule has 21 heavy (non-hydrogen) atoms. The molecule has 0 saturated carbocycles. The maximum Gasteiger partial charge on any atom is 0.225 e. The molecule has 0 unspecified atom stereocenters. The molecule has 0 saturated heterocycles. The zero-order chi connectivity index (χ0) is 15.1. The summed E-state index contributed by atoms with van der Waals surface area (Å²) < 4.78 is 0. The van der Waals surface area contributed by atoms with Crippen molar-refractivity contribution in [3.63, 3.8) is 0 Å². The summed E-state index contributed by atoms with van der Waals surface area (Å²) >= 11 is 1.78. The van der Waals surface area contributed by atoms with Gasteiger partial charge in [0, 0.05) is 35.4 Å². The minimum atomic E-state index is 0.822. The Morgan fingerprint density at radius 2 is 2.19 bits per heavy atom. The smallest absolute Gasteiger partial charge is 0.225 e. The van der Waals surface area contributed by atoms with Gasteiger partial charge in [-0.1, -0.05) is 13.0 Å². The Balaban J connectivity index is 2.06. The highest BCUT2D eigenvalue weighted by atomic mass is 32.1. The number of hydrogen-bond donors (Lipinski definition) is 1. The van der Waals surface area contributed by atoms with Crippen LogP contribution in [0.3, 0.4) is 0 Å². The summed E-state index contributed by atoms with van der Waals surface area (Å²) in [7, 11) is 0. The monoisotopic (exact) mass is 304 g/mol. The summed E-state index contributed by atoms with van der Waals surface area (Å²) in [6.45, 7) is 10.0. The Morgan fingerprint density at radius 1 is 1.33 bits per heavy atom. The van der Waals surface area contributed by atoms with Crippen molar-refractivity contribution in [3.05, 3.63) is 39.8 Å². The van der Waals surface area contributed by atoms with Crippen LogP contribution in [0.1, 0.15) is 36.4 Å². The number of aryl methyl sites for hydroxylation is 1. The van der Waals surface area contributed by atoms with Gasteiger partial charge in [-0.15, -0.1) is 11.3 Å². The Hall–Kier alpha value is -1.46. The molecule has 0 bridgehead atoms. The normalized spacial score (nSPS) is 10.8. The average molecular weight is 304 g/mol. The molecule has 0 radical (unpaired) electrons. The fraction of sp³-hybridized carbons (Fsp3) is 0.500. The van der Waals surface area contributed by atoms with E-state index in [0.717, 1.165) is 44.2 Å². The van der Waals surface area contributed by atoms with Crippen molar-refractivity contribution in [2.24, 2.45) is 0 Å². The zero-order valence-corrected chi connectivity index (χ0v) is 13.9. The first-order valence-corrected chi connectivity index (χ1v) is 8.43. The minimum absolute atomic E-state index is 0.822. The molecule has 2 aromatic heterocycles. The molecule has 1 N–H and O–H groups in total. The van der Waals surface area contributed by atoms with E-state index >= 15 is 0 Å². The van der Waals surface area contributed by atoms with Gasteiger partial charge in [0.2, 0.25) is 5.95 Å². The lowest BCUT2D eigenvalue weighted by Gasteiger charge is -2.21. The van der Waals surface area contributed by atoms with Gasteiger partial charge >= 0.3 is 0 Å². The predicted molar refractivity (Wildman–Crippen MR) is 89.8 cm³/mol. The summed E-state index contributed by atoms with van der Waals surface area (Å²) in [5.74, 6) is 0.822. The molecule has 0 aromatic carbocycles. The zero-order valence-electron chi connectivity index (χ0n) is 13.1. The third kappa shape index (κ3) is 4.51. The first-order valence-electron chi connectivity index (χ1n) is 7.55. The fourth-order valence-electron chi connectivity index (χ4n) is 2.12. The van der Waals surface area contributed by atoms with Crippen molar-refractivity contribution >= 4 is 17.3 Å². The second-order valence-electron chi connectivity index (χ2n) is 5.05. The summed E-state index contributed by atoms with van der Waals surface area (Å²) in [5, 5.41) is 5.51. The molecule has 0 spiro atoms. The highest BCUT2D eigenvalue weighted by Crippen LogP contribution is 2.17. The van der Waals surface area contributed by atoms with Crippen LogP contribution in [0.5, 0.6) is 0 Å². The van der Waals surface area contributed by atoms with E-state index in [2.05, 4.69) is 58.5 Å². The Bertz CT molecular complexity index is 539. The van der Waals surface area contributed by atoms with Crippen LogP contribution < -0.4 is 10.2 Å². The van der Waals surface area contributed by atoms with Gasteiger partial charge in [-0.2, -0.15) is 0 Å². The van der Waals surface area contributed by atoms with E-state index in [1.165, 1.54) is 10.4 Å². The van der Waals surface area contributed by atoms with Gasteiger partial charge in [-0.25, -0.2) is 9.97 Å². The highest BCUT2D eigenvalue weighted by molar-refractivity contribution is 7.09. The quantitative estimate of drug-likeness (QED) is 0.759. The highest BCUT2D eigenvalue weighted by Gasteiger charge is 2.11. The van der Waals surface area contributed by atoms with Crippen molar-refractivity contribution in [1.29, 1.82) is 0 Å². The van der Waals surface area contributed by atoms with Crippen LogP contribution in [0.25, 0.3) is 0 Å². The van der Waals surface area contributed by atoms with Crippen molar-refractivity contribution in [3.8, 4) is 0 Å². The van der Waals surface area contributed by atoms with Crippen LogP contribution in [-0.2, 0) is 13.1 Å². The number of nitrogens with one attached hydrogen (secondary N) is 1. The molecule has 5 heteroatoms. The molecule has 0 atom stereocenters. The lowest BCUT2D eigenvalue weighted by Crippen LogP contribution is -2.24. The topological polar surface area (TPSA) is 41.1 Å². The number of anilines is 1. The van der Waals surface area contributed by atoms with Gasteiger partial charge in [0.1, 0.15) is 0 Å². The SMILES string of the molecule is CCCNCc1cnc(N(CC)Cc2cccs2)nc1C. The van der Waals surface area contributed by atoms with Crippen LogP contribution in [0.4, 0.5) is 5.95 Å². The second-order valence-corrected chi connectivity index (χ2v) is 6.08. The van der Waals surface area contributed by atoms with Crippen LogP contribution in [0, 0.1) is 6.92 Å². The van der Waals surface area contributed by atoms with E-state index in [1.807, 2.05) is 6.20 Å². The number of thiophene rings is 1. The van der Waals surface area contributed by atoms with E-state index in [1.54, 1.807) is 11.3 Å². The van der Waals surface area contributed by atoms with Crippen molar-refractivity contribution in [2.45, 2.75) is 40.3 Å². The Morgan fingerprint density at radius 3 is 2.81 bits per heavy atom. The number of nitrogens with zero attached hydrogens (tertiary/aromatic N) is 3. The third-order valence-corrected chi connectivity index (χ3v) is 4.26. The average Bonchev–Trinajstić information content (AvgIpc) is 2.99. The summed E-state index contributed by atoms with van der Waals surface area (Å²) in [6.07, 6.45) is 3.10. The largest absolute Gasteiger partial charge is 0.336 e. The van der Waals surface area contributed by atoms with E-state index < -0.39 is 0 Å². The third-order valence-electron chi connectivity index (χ3n) is 3.40. The molecule has 2 rings (SSSR count). The van der Waals surface area contributed by atoms with Gasteiger partial charge in [0.15, 0.2) is 0 Å². The fourth-order valence-corrected chi connectivity index (χ4v) is 2.84. The van der Waals surface area contributed by atoms with Gasteiger partial charge in [0.05, 0.1) is 6.54 Å². The molecule has 0 amide bonds.